The topological polar surface area (TPSA) is 122 Å². The van der Waals surface area contributed by atoms with Gasteiger partial charge in [0.1, 0.15) is 10.6 Å². The van der Waals surface area contributed by atoms with Gasteiger partial charge in [0, 0.05) is 25.3 Å². The van der Waals surface area contributed by atoms with E-state index in [-0.39, 0.29) is 22.3 Å². The SMILES string of the molecule is Cc1noc(C)c1S(=O)(=O)N[C@@H](C)C(=O)Nc1cccc(C(=O)N(C)C)c1. The van der Waals surface area contributed by atoms with Crippen molar-refractivity contribution < 1.29 is 22.5 Å². The van der Waals surface area contributed by atoms with Gasteiger partial charge in [0.2, 0.25) is 15.9 Å². The smallest absolute Gasteiger partial charge is 0.253 e. The fourth-order valence-corrected chi connectivity index (χ4v) is 3.97. The van der Waals surface area contributed by atoms with Crippen LogP contribution in [0.25, 0.3) is 0 Å². The van der Waals surface area contributed by atoms with Crippen LogP contribution in [-0.2, 0) is 14.8 Å². The van der Waals surface area contributed by atoms with Crippen molar-refractivity contribution in [3.05, 3.63) is 41.3 Å². The van der Waals surface area contributed by atoms with Crippen LogP contribution in [0.1, 0.15) is 28.7 Å². The molecule has 2 amide bonds. The van der Waals surface area contributed by atoms with E-state index in [1.165, 1.54) is 31.7 Å². The summed E-state index contributed by atoms with van der Waals surface area (Å²) in [6.45, 7) is 4.40. The number of hydrogen-bond acceptors (Lipinski definition) is 6. The molecule has 0 saturated carbocycles. The summed E-state index contributed by atoms with van der Waals surface area (Å²) in [4.78, 5) is 25.7. The summed E-state index contributed by atoms with van der Waals surface area (Å²) in [5, 5.41) is 6.21. The van der Waals surface area contributed by atoms with E-state index in [1.54, 1.807) is 32.3 Å². The number of nitrogens with one attached hydrogen (secondary N) is 2. The number of anilines is 1. The van der Waals surface area contributed by atoms with Crippen molar-refractivity contribution in [3.8, 4) is 0 Å². The Hall–Kier alpha value is -2.72. The summed E-state index contributed by atoms with van der Waals surface area (Å²) in [7, 11) is -0.727. The predicted molar refractivity (Wildman–Crippen MR) is 98.8 cm³/mol. The highest BCUT2D eigenvalue weighted by Gasteiger charge is 2.28. The highest BCUT2D eigenvalue weighted by atomic mass is 32.2. The van der Waals surface area contributed by atoms with Gasteiger partial charge in [-0.25, -0.2) is 8.42 Å². The van der Waals surface area contributed by atoms with Gasteiger partial charge in [-0.2, -0.15) is 4.72 Å². The van der Waals surface area contributed by atoms with E-state index in [1.807, 2.05) is 0 Å². The monoisotopic (exact) mass is 394 g/mol. The summed E-state index contributed by atoms with van der Waals surface area (Å²) in [6.07, 6.45) is 0. The number of carbonyl (C=O) groups is 2. The lowest BCUT2D eigenvalue weighted by molar-refractivity contribution is -0.117. The van der Waals surface area contributed by atoms with Crippen molar-refractivity contribution in [1.82, 2.24) is 14.8 Å². The second-order valence-corrected chi connectivity index (χ2v) is 7.92. The van der Waals surface area contributed by atoms with Crippen LogP contribution in [0.5, 0.6) is 0 Å². The van der Waals surface area contributed by atoms with Crippen molar-refractivity contribution in [2.24, 2.45) is 0 Å². The lowest BCUT2D eigenvalue weighted by atomic mass is 10.1. The molecule has 0 unspecified atom stereocenters. The van der Waals surface area contributed by atoms with Gasteiger partial charge in [-0.05, 0) is 39.0 Å². The molecule has 0 spiro atoms. The number of carbonyl (C=O) groups excluding carboxylic acids is 2. The molecule has 146 valence electrons. The molecule has 0 aliphatic carbocycles. The zero-order valence-corrected chi connectivity index (χ0v) is 16.5. The third kappa shape index (κ3) is 4.72. The van der Waals surface area contributed by atoms with Crippen LogP contribution < -0.4 is 10.0 Å². The van der Waals surface area contributed by atoms with Crippen LogP contribution in [0.3, 0.4) is 0 Å². The van der Waals surface area contributed by atoms with E-state index in [2.05, 4.69) is 15.2 Å². The van der Waals surface area contributed by atoms with Gasteiger partial charge in [0.05, 0.1) is 6.04 Å². The van der Waals surface area contributed by atoms with Gasteiger partial charge in [-0.3, -0.25) is 9.59 Å². The van der Waals surface area contributed by atoms with Gasteiger partial charge in [0.15, 0.2) is 5.76 Å². The van der Waals surface area contributed by atoms with Crippen LogP contribution in [0.4, 0.5) is 5.69 Å². The number of aryl methyl sites for hydroxylation is 2. The van der Waals surface area contributed by atoms with Gasteiger partial charge in [-0.15, -0.1) is 0 Å². The van der Waals surface area contributed by atoms with Gasteiger partial charge in [0.25, 0.3) is 5.91 Å². The first kappa shape index (κ1) is 20.6. The molecular formula is C17H22N4O5S. The van der Waals surface area contributed by atoms with Crippen molar-refractivity contribution in [2.45, 2.75) is 31.7 Å². The van der Waals surface area contributed by atoms with Crippen molar-refractivity contribution >= 4 is 27.5 Å². The lowest BCUT2D eigenvalue weighted by Gasteiger charge is -2.15. The number of sulfonamides is 1. The number of nitrogens with zero attached hydrogens (tertiary/aromatic N) is 2. The summed E-state index contributed by atoms with van der Waals surface area (Å²) >= 11 is 0. The van der Waals surface area contributed by atoms with Gasteiger partial charge < -0.3 is 14.7 Å². The zero-order chi connectivity index (χ0) is 20.4. The third-order valence-corrected chi connectivity index (χ3v) is 5.53. The number of rotatable bonds is 6. The molecule has 0 aliphatic heterocycles. The van der Waals surface area contributed by atoms with E-state index in [0.717, 1.165) is 0 Å². The third-order valence-electron chi connectivity index (χ3n) is 3.75. The molecule has 0 radical (unpaired) electrons. The highest BCUT2D eigenvalue weighted by molar-refractivity contribution is 7.89. The first-order valence-electron chi connectivity index (χ1n) is 8.10. The van der Waals surface area contributed by atoms with E-state index in [4.69, 9.17) is 4.52 Å². The molecular weight excluding hydrogens is 372 g/mol. The molecule has 0 saturated heterocycles. The largest absolute Gasteiger partial charge is 0.360 e. The number of hydrogen-bond donors (Lipinski definition) is 2. The second-order valence-electron chi connectivity index (χ2n) is 6.27. The molecule has 0 fully saturated rings. The highest BCUT2D eigenvalue weighted by Crippen LogP contribution is 2.19. The molecule has 10 heteroatoms. The predicted octanol–water partition coefficient (Wildman–Crippen LogP) is 1.30. The summed E-state index contributed by atoms with van der Waals surface area (Å²) in [5.41, 5.74) is 1.00. The second kappa shape index (κ2) is 7.89. The Morgan fingerprint density at radius 2 is 1.89 bits per heavy atom. The lowest BCUT2D eigenvalue weighted by Crippen LogP contribution is -2.41. The Bertz CT molecular complexity index is 946. The molecule has 1 heterocycles. The Kier molecular flexibility index (Phi) is 6.01. The van der Waals surface area contributed by atoms with Crippen LogP contribution in [0, 0.1) is 13.8 Å². The number of amides is 2. The van der Waals surface area contributed by atoms with Gasteiger partial charge >= 0.3 is 0 Å². The summed E-state index contributed by atoms with van der Waals surface area (Å²) < 4.78 is 32.1. The summed E-state index contributed by atoms with van der Waals surface area (Å²) in [5.74, 6) is -0.638. The average Bonchev–Trinajstić information content (AvgIpc) is 2.93. The molecule has 0 aliphatic rings. The number of benzene rings is 1. The Balaban J connectivity index is 2.12. The Labute approximate surface area is 157 Å². The molecule has 1 aromatic heterocycles. The molecule has 1 aromatic carbocycles. The first-order chi connectivity index (χ1) is 12.5. The van der Waals surface area contributed by atoms with Crippen LogP contribution in [0.15, 0.2) is 33.7 Å². The normalized spacial score (nSPS) is 12.5. The quantitative estimate of drug-likeness (QED) is 0.762. The maximum atomic E-state index is 12.5. The minimum atomic E-state index is -3.98. The molecule has 27 heavy (non-hydrogen) atoms. The van der Waals surface area contributed by atoms with E-state index >= 15 is 0 Å². The van der Waals surface area contributed by atoms with E-state index in [9.17, 15) is 18.0 Å². The van der Waals surface area contributed by atoms with Crippen molar-refractivity contribution in [2.75, 3.05) is 19.4 Å². The first-order valence-corrected chi connectivity index (χ1v) is 9.59. The molecule has 9 nitrogen and oxygen atoms in total. The zero-order valence-electron chi connectivity index (χ0n) is 15.7. The van der Waals surface area contributed by atoms with Crippen LogP contribution >= 0.6 is 0 Å². The van der Waals surface area contributed by atoms with Gasteiger partial charge in [-0.1, -0.05) is 11.2 Å². The minimum absolute atomic E-state index is 0.0827. The van der Waals surface area contributed by atoms with Crippen LogP contribution in [-0.4, -0.2) is 50.4 Å². The molecule has 1 atom stereocenters. The number of aromatic nitrogens is 1. The average molecular weight is 394 g/mol. The van der Waals surface area contributed by atoms with Crippen molar-refractivity contribution in [1.29, 1.82) is 0 Å². The maximum absolute atomic E-state index is 12.5. The fourth-order valence-electron chi connectivity index (χ4n) is 2.44. The van der Waals surface area contributed by atoms with Crippen LogP contribution in [0.2, 0.25) is 0 Å². The van der Waals surface area contributed by atoms with Crippen molar-refractivity contribution in [3.63, 3.8) is 0 Å². The fraction of sp³-hybridized carbons (Fsp3) is 0.353. The Morgan fingerprint density at radius 1 is 1.22 bits per heavy atom. The molecule has 0 bridgehead atoms. The summed E-state index contributed by atoms with van der Waals surface area (Å²) in [6, 6.07) is 5.33. The molecule has 2 N–H and O–H groups in total. The van der Waals surface area contributed by atoms with E-state index in [0.29, 0.717) is 11.3 Å². The standard InChI is InChI=1S/C17H22N4O5S/c1-10-15(12(3)26-19-10)27(24,25)20-11(2)16(22)18-14-8-6-7-13(9-14)17(23)21(4)5/h6-9,11,20H,1-5H3,(H,18,22)/t11-/m0/s1. The minimum Gasteiger partial charge on any atom is -0.360 e. The van der Waals surface area contributed by atoms with E-state index < -0.39 is 22.0 Å². The molecule has 2 rings (SSSR count). The maximum Gasteiger partial charge on any atom is 0.253 e. The molecule has 2 aromatic rings. The Morgan fingerprint density at radius 3 is 2.44 bits per heavy atom.